The van der Waals surface area contributed by atoms with E-state index in [2.05, 4.69) is 10.6 Å². The third kappa shape index (κ3) is 8.16. The van der Waals surface area contributed by atoms with Crippen LogP contribution in [0.2, 0.25) is 0 Å². The van der Waals surface area contributed by atoms with Gasteiger partial charge in [0.25, 0.3) is 0 Å². The maximum Gasteiger partial charge on any atom is 0.317 e. The molecule has 0 saturated carbocycles. The zero-order chi connectivity index (χ0) is 14.8. The van der Waals surface area contributed by atoms with Crippen molar-refractivity contribution in [1.29, 1.82) is 0 Å². The van der Waals surface area contributed by atoms with Gasteiger partial charge in [-0.05, 0) is 5.56 Å². The summed E-state index contributed by atoms with van der Waals surface area (Å²) in [5.41, 5.74) is 6.34. The smallest absolute Gasteiger partial charge is 0.317 e. The molecule has 0 saturated heterocycles. The molecule has 0 bridgehead atoms. The molecule has 0 spiro atoms. The van der Waals surface area contributed by atoms with Gasteiger partial charge in [-0.2, -0.15) is 0 Å². The summed E-state index contributed by atoms with van der Waals surface area (Å²) in [5.74, 6) is -0.110. The number of nitrogens with zero attached hydrogens (tertiary/aromatic N) is 1. The first-order chi connectivity index (χ1) is 9.63. The lowest BCUT2D eigenvalue weighted by Gasteiger charge is -2.18. The SMILES string of the molecule is CN(Cc1ccccc1)C(=O)NCCC(=O)NCCN.Cl. The van der Waals surface area contributed by atoms with Crippen molar-refractivity contribution < 1.29 is 9.59 Å². The van der Waals surface area contributed by atoms with Crippen LogP contribution >= 0.6 is 12.4 Å². The maximum atomic E-state index is 11.8. The van der Waals surface area contributed by atoms with Crippen molar-refractivity contribution in [3.05, 3.63) is 35.9 Å². The van der Waals surface area contributed by atoms with Crippen molar-refractivity contribution in [3.8, 4) is 0 Å². The van der Waals surface area contributed by atoms with E-state index >= 15 is 0 Å². The van der Waals surface area contributed by atoms with Crippen LogP contribution in [-0.2, 0) is 11.3 Å². The van der Waals surface area contributed by atoms with Gasteiger partial charge in [0.15, 0.2) is 0 Å². The van der Waals surface area contributed by atoms with Crippen LogP contribution in [0.5, 0.6) is 0 Å². The lowest BCUT2D eigenvalue weighted by Crippen LogP contribution is -2.39. The first kappa shape index (κ1) is 19.2. The average molecular weight is 315 g/mol. The molecule has 1 aromatic carbocycles. The molecule has 0 aliphatic carbocycles. The molecule has 0 radical (unpaired) electrons. The number of hydrogen-bond donors (Lipinski definition) is 3. The van der Waals surface area contributed by atoms with E-state index < -0.39 is 0 Å². The molecule has 3 amide bonds. The standard InChI is InChI=1S/C14H22N4O2.ClH/c1-18(11-12-5-3-2-4-6-12)14(20)17-9-7-13(19)16-10-8-15;/h2-6H,7-11,15H2,1H3,(H,16,19)(H,17,20);1H. The Kier molecular flexibility index (Phi) is 10.0. The molecule has 0 fully saturated rings. The van der Waals surface area contributed by atoms with Crippen LogP contribution in [0.1, 0.15) is 12.0 Å². The van der Waals surface area contributed by atoms with Gasteiger partial charge in [-0.1, -0.05) is 30.3 Å². The Balaban J connectivity index is 0.00000400. The molecule has 0 aliphatic heterocycles. The molecule has 0 aliphatic rings. The third-order valence-corrected chi connectivity index (χ3v) is 2.70. The highest BCUT2D eigenvalue weighted by molar-refractivity contribution is 5.85. The number of hydrogen-bond acceptors (Lipinski definition) is 3. The fraction of sp³-hybridized carbons (Fsp3) is 0.429. The number of carbonyl (C=O) groups excluding carboxylic acids is 2. The highest BCUT2D eigenvalue weighted by Crippen LogP contribution is 2.02. The lowest BCUT2D eigenvalue weighted by atomic mass is 10.2. The number of rotatable bonds is 7. The Hall–Kier alpha value is -1.79. The van der Waals surface area contributed by atoms with E-state index in [9.17, 15) is 9.59 Å². The van der Waals surface area contributed by atoms with Crippen molar-refractivity contribution in [3.63, 3.8) is 0 Å². The number of amides is 3. The minimum absolute atomic E-state index is 0. The Bertz CT molecular complexity index is 428. The highest BCUT2D eigenvalue weighted by atomic mass is 35.5. The van der Waals surface area contributed by atoms with Crippen LogP contribution in [0.4, 0.5) is 4.79 Å². The summed E-state index contributed by atoms with van der Waals surface area (Å²) in [6.07, 6.45) is 0.255. The number of halogens is 1. The zero-order valence-corrected chi connectivity index (χ0v) is 13.0. The number of benzene rings is 1. The number of carbonyl (C=O) groups is 2. The second-order valence-corrected chi connectivity index (χ2v) is 4.46. The Labute approximate surface area is 131 Å². The average Bonchev–Trinajstić information content (AvgIpc) is 2.46. The Morgan fingerprint density at radius 2 is 1.81 bits per heavy atom. The van der Waals surface area contributed by atoms with Crippen LogP contribution in [0.3, 0.4) is 0 Å². The van der Waals surface area contributed by atoms with Crippen molar-refractivity contribution in [1.82, 2.24) is 15.5 Å². The van der Waals surface area contributed by atoms with E-state index in [1.807, 2.05) is 30.3 Å². The maximum absolute atomic E-state index is 11.8. The zero-order valence-electron chi connectivity index (χ0n) is 12.2. The summed E-state index contributed by atoms with van der Waals surface area (Å²) in [4.78, 5) is 24.7. The van der Waals surface area contributed by atoms with Gasteiger partial charge in [-0.25, -0.2) is 4.79 Å². The molecule has 0 aromatic heterocycles. The fourth-order valence-corrected chi connectivity index (χ4v) is 1.65. The normalized spacial score (nSPS) is 9.43. The largest absolute Gasteiger partial charge is 0.355 e. The van der Waals surface area contributed by atoms with Gasteiger partial charge in [-0.3, -0.25) is 4.79 Å². The predicted molar refractivity (Wildman–Crippen MR) is 85.2 cm³/mol. The second-order valence-electron chi connectivity index (χ2n) is 4.46. The minimum atomic E-state index is -0.194. The quantitative estimate of drug-likeness (QED) is 0.693. The van der Waals surface area contributed by atoms with Crippen LogP contribution in [0.25, 0.3) is 0 Å². The minimum Gasteiger partial charge on any atom is -0.355 e. The molecule has 0 unspecified atom stereocenters. The number of urea groups is 1. The lowest BCUT2D eigenvalue weighted by molar-refractivity contribution is -0.120. The number of nitrogens with one attached hydrogen (secondary N) is 2. The summed E-state index contributed by atoms with van der Waals surface area (Å²) in [6.45, 7) is 1.72. The van der Waals surface area contributed by atoms with E-state index in [1.165, 1.54) is 0 Å². The fourth-order valence-electron chi connectivity index (χ4n) is 1.65. The van der Waals surface area contributed by atoms with Crippen molar-refractivity contribution in [2.75, 3.05) is 26.7 Å². The molecule has 118 valence electrons. The van der Waals surface area contributed by atoms with Crippen LogP contribution in [0, 0.1) is 0 Å². The van der Waals surface area contributed by atoms with Crippen LogP contribution in [-0.4, -0.2) is 43.5 Å². The van der Waals surface area contributed by atoms with Gasteiger partial charge < -0.3 is 21.3 Å². The molecule has 6 nitrogen and oxygen atoms in total. The third-order valence-electron chi connectivity index (χ3n) is 2.70. The first-order valence-electron chi connectivity index (χ1n) is 6.63. The van der Waals surface area contributed by atoms with Crippen LogP contribution in [0.15, 0.2) is 30.3 Å². The summed E-state index contributed by atoms with van der Waals surface area (Å²) in [7, 11) is 1.72. The number of nitrogens with two attached hydrogens (primary N) is 1. The first-order valence-corrected chi connectivity index (χ1v) is 6.63. The molecule has 4 N–H and O–H groups in total. The van der Waals surface area contributed by atoms with Gasteiger partial charge in [-0.15, -0.1) is 12.4 Å². The molecule has 1 aromatic rings. The molecule has 0 atom stereocenters. The van der Waals surface area contributed by atoms with E-state index in [4.69, 9.17) is 5.73 Å². The Morgan fingerprint density at radius 3 is 2.43 bits per heavy atom. The van der Waals surface area contributed by atoms with Gasteiger partial charge >= 0.3 is 6.03 Å². The van der Waals surface area contributed by atoms with E-state index in [1.54, 1.807) is 11.9 Å². The van der Waals surface area contributed by atoms with Gasteiger partial charge in [0.2, 0.25) is 5.91 Å². The van der Waals surface area contributed by atoms with Crippen molar-refractivity contribution >= 4 is 24.3 Å². The topological polar surface area (TPSA) is 87.5 Å². The second kappa shape index (κ2) is 10.9. The molecule has 1 rings (SSSR count). The van der Waals surface area contributed by atoms with Crippen LogP contribution < -0.4 is 16.4 Å². The predicted octanol–water partition coefficient (Wildman–Crippen LogP) is 0.715. The van der Waals surface area contributed by atoms with Gasteiger partial charge in [0.1, 0.15) is 0 Å². The molecular weight excluding hydrogens is 292 g/mol. The van der Waals surface area contributed by atoms with Crippen molar-refractivity contribution in [2.45, 2.75) is 13.0 Å². The van der Waals surface area contributed by atoms with Gasteiger partial charge in [0.05, 0.1) is 0 Å². The molecule has 21 heavy (non-hydrogen) atoms. The molecule has 7 heteroatoms. The Morgan fingerprint density at radius 1 is 1.14 bits per heavy atom. The molecular formula is C14H23ClN4O2. The molecule has 0 heterocycles. The summed E-state index contributed by atoms with van der Waals surface area (Å²) in [6, 6.07) is 9.53. The summed E-state index contributed by atoms with van der Waals surface area (Å²) < 4.78 is 0. The highest BCUT2D eigenvalue weighted by Gasteiger charge is 2.09. The van der Waals surface area contributed by atoms with E-state index in [-0.39, 0.29) is 30.8 Å². The van der Waals surface area contributed by atoms with E-state index in [0.29, 0.717) is 26.2 Å². The van der Waals surface area contributed by atoms with Crippen molar-refractivity contribution in [2.24, 2.45) is 5.73 Å². The summed E-state index contributed by atoms with van der Waals surface area (Å²) in [5, 5.41) is 5.35. The monoisotopic (exact) mass is 314 g/mol. The summed E-state index contributed by atoms with van der Waals surface area (Å²) >= 11 is 0. The van der Waals surface area contributed by atoms with E-state index in [0.717, 1.165) is 5.56 Å². The van der Waals surface area contributed by atoms with Gasteiger partial charge in [0, 0.05) is 39.6 Å².